The van der Waals surface area contributed by atoms with Crippen molar-refractivity contribution in [2.75, 3.05) is 0 Å². The molecule has 2 N–H and O–H groups in total. The Morgan fingerprint density at radius 2 is 1.42 bits per heavy atom. The molecule has 3 heteroatoms. The molecule has 3 nitrogen and oxygen atoms in total. The van der Waals surface area contributed by atoms with Crippen LogP contribution in [0.1, 0.15) is 11.1 Å². The molecule has 3 aromatic rings. The zero-order chi connectivity index (χ0) is 13.1. The lowest BCUT2D eigenvalue weighted by Crippen LogP contribution is -2.06. The van der Waals surface area contributed by atoms with Gasteiger partial charge in [0.15, 0.2) is 0 Å². The van der Waals surface area contributed by atoms with Crippen LogP contribution in [0.25, 0.3) is 11.3 Å². The van der Waals surface area contributed by atoms with Crippen LogP contribution >= 0.6 is 0 Å². The van der Waals surface area contributed by atoms with Gasteiger partial charge in [-0.05, 0) is 11.1 Å². The molecule has 0 aliphatic rings. The van der Waals surface area contributed by atoms with Crippen molar-refractivity contribution >= 4 is 0 Å². The molecule has 0 spiro atoms. The quantitative estimate of drug-likeness (QED) is 0.737. The first-order chi connectivity index (χ1) is 9.34. The van der Waals surface area contributed by atoms with Crippen molar-refractivity contribution in [1.29, 1.82) is 0 Å². The molecule has 0 atom stereocenters. The monoisotopic (exact) mass is 250 g/mol. The number of rotatable bonds is 3. The molecule has 0 aliphatic carbocycles. The van der Waals surface area contributed by atoms with Crippen molar-refractivity contribution in [3.8, 4) is 11.3 Å². The summed E-state index contributed by atoms with van der Waals surface area (Å²) in [6.07, 6.45) is 0.629. The van der Waals surface area contributed by atoms with Crippen molar-refractivity contribution in [3.05, 3.63) is 82.1 Å². The van der Waals surface area contributed by atoms with Gasteiger partial charge in [0, 0.05) is 12.0 Å². The molecule has 0 aliphatic heterocycles. The number of benzene rings is 2. The largest absolute Gasteiger partial charge is 0.297 e. The molecule has 3 rings (SSSR count). The second-order valence-corrected chi connectivity index (χ2v) is 4.46. The van der Waals surface area contributed by atoms with Crippen LogP contribution in [0.4, 0.5) is 0 Å². The van der Waals surface area contributed by atoms with Gasteiger partial charge in [-0.1, -0.05) is 60.7 Å². The number of nitrogens with one attached hydrogen (secondary N) is 2. The molecule has 94 valence electrons. The van der Waals surface area contributed by atoms with Crippen molar-refractivity contribution in [1.82, 2.24) is 10.2 Å². The molecular formula is C16H14N2O. The van der Waals surface area contributed by atoms with E-state index in [0.29, 0.717) is 6.42 Å². The molecule has 1 aromatic heterocycles. The molecule has 0 radical (unpaired) electrons. The predicted octanol–water partition coefficient (Wildman–Crippen LogP) is 2.96. The fourth-order valence-corrected chi connectivity index (χ4v) is 2.20. The number of H-pyrrole nitrogens is 2. The molecule has 0 bridgehead atoms. The summed E-state index contributed by atoms with van der Waals surface area (Å²) in [6.45, 7) is 0. The molecule has 0 unspecified atom stereocenters. The van der Waals surface area contributed by atoms with Crippen LogP contribution in [0.2, 0.25) is 0 Å². The fourth-order valence-electron chi connectivity index (χ4n) is 2.20. The Morgan fingerprint density at radius 1 is 0.789 bits per heavy atom. The molecule has 19 heavy (non-hydrogen) atoms. The molecule has 0 saturated heterocycles. The van der Waals surface area contributed by atoms with E-state index in [1.165, 1.54) is 0 Å². The molecule has 0 fully saturated rings. The maximum absolute atomic E-state index is 11.9. The van der Waals surface area contributed by atoms with Gasteiger partial charge in [-0.3, -0.25) is 15.0 Å². The average Bonchev–Trinajstić information content (AvgIpc) is 2.82. The zero-order valence-electron chi connectivity index (χ0n) is 10.4. The minimum Gasteiger partial charge on any atom is -0.297 e. The third kappa shape index (κ3) is 2.36. The van der Waals surface area contributed by atoms with Crippen molar-refractivity contribution in [2.24, 2.45) is 0 Å². The van der Waals surface area contributed by atoms with E-state index < -0.39 is 0 Å². The number of hydrogen-bond acceptors (Lipinski definition) is 1. The Bertz CT molecular complexity index is 711. The Balaban J connectivity index is 2.03. The van der Waals surface area contributed by atoms with Crippen molar-refractivity contribution in [2.45, 2.75) is 6.42 Å². The lowest BCUT2D eigenvalue weighted by Gasteiger charge is -2.03. The van der Waals surface area contributed by atoms with Gasteiger partial charge in [0.2, 0.25) is 0 Å². The first-order valence-corrected chi connectivity index (χ1v) is 6.23. The highest BCUT2D eigenvalue weighted by Gasteiger charge is 2.11. The summed E-state index contributed by atoms with van der Waals surface area (Å²) >= 11 is 0. The van der Waals surface area contributed by atoms with Crippen LogP contribution in [0.3, 0.4) is 0 Å². The smallest absolute Gasteiger partial charge is 0.268 e. The predicted molar refractivity (Wildman–Crippen MR) is 76.1 cm³/mol. The summed E-state index contributed by atoms with van der Waals surface area (Å²) in [7, 11) is 0. The summed E-state index contributed by atoms with van der Waals surface area (Å²) in [4.78, 5) is 11.9. The number of aromatic amines is 2. The van der Waals surface area contributed by atoms with Gasteiger partial charge < -0.3 is 0 Å². The lowest BCUT2D eigenvalue weighted by molar-refractivity contribution is 1.06. The average molecular weight is 250 g/mol. The van der Waals surface area contributed by atoms with E-state index in [1.807, 2.05) is 60.7 Å². The SMILES string of the molecule is O=c1[nH][nH]c(-c2ccccc2)c1Cc1ccccc1. The molecule has 2 aromatic carbocycles. The van der Waals surface area contributed by atoms with Gasteiger partial charge in [-0.25, -0.2) is 0 Å². The first kappa shape index (κ1) is 11.5. The van der Waals surface area contributed by atoms with Gasteiger partial charge in [-0.2, -0.15) is 0 Å². The summed E-state index contributed by atoms with van der Waals surface area (Å²) in [5.74, 6) is 0. The van der Waals surface area contributed by atoms with E-state index in [4.69, 9.17) is 0 Å². The summed E-state index contributed by atoms with van der Waals surface area (Å²) in [6, 6.07) is 19.9. The zero-order valence-corrected chi connectivity index (χ0v) is 10.4. The minimum absolute atomic E-state index is 0.0530. The third-order valence-corrected chi connectivity index (χ3v) is 3.16. The highest BCUT2D eigenvalue weighted by molar-refractivity contribution is 5.62. The third-order valence-electron chi connectivity index (χ3n) is 3.16. The number of aromatic nitrogens is 2. The Kier molecular flexibility index (Phi) is 3.02. The molecule has 1 heterocycles. The van der Waals surface area contributed by atoms with Gasteiger partial charge in [-0.15, -0.1) is 0 Å². The summed E-state index contributed by atoms with van der Waals surface area (Å²) in [5, 5.41) is 5.65. The van der Waals surface area contributed by atoms with Crippen LogP contribution in [0, 0.1) is 0 Å². The highest BCUT2D eigenvalue weighted by atomic mass is 16.1. The second kappa shape index (κ2) is 4.98. The van der Waals surface area contributed by atoms with Gasteiger partial charge in [0.05, 0.1) is 5.69 Å². The first-order valence-electron chi connectivity index (χ1n) is 6.23. The minimum atomic E-state index is -0.0530. The number of hydrogen-bond donors (Lipinski definition) is 2. The lowest BCUT2D eigenvalue weighted by atomic mass is 10.0. The topological polar surface area (TPSA) is 48.6 Å². The Morgan fingerprint density at radius 3 is 2.11 bits per heavy atom. The summed E-state index contributed by atoms with van der Waals surface area (Å²) in [5.41, 5.74) is 3.74. The fraction of sp³-hybridized carbons (Fsp3) is 0.0625. The maximum Gasteiger partial charge on any atom is 0.268 e. The summed E-state index contributed by atoms with van der Waals surface area (Å²) < 4.78 is 0. The van der Waals surface area contributed by atoms with Crippen molar-refractivity contribution in [3.63, 3.8) is 0 Å². The van der Waals surface area contributed by atoms with Crippen molar-refractivity contribution < 1.29 is 0 Å². The van der Waals surface area contributed by atoms with Crippen LogP contribution in [-0.4, -0.2) is 10.2 Å². The Hall–Kier alpha value is -2.55. The normalized spacial score (nSPS) is 10.5. The van der Waals surface area contributed by atoms with Gasteiger partial charge >= 0.3 is 0 Å². The van der Waals surface area contributed by atoms with E-state index in [1.54, 1.807) is 0 Å². The van der Waals surface area contributed by atoms with E-state index in [9.17, 15) is 4.79 Å². The van der Waals surface area contributed by atoms with E-state index in [0.717, 1.165) is 22.4 Å². The second-order valence-electron chi connectivity index (χ2n) is 4.46. The molecular weight excluding hydrogens is 236 g/mol. The van der Waals surface area contributed by atoms with Crippen LogP contribution in [-0.2, 0) is 6.42 Å². The van der Waals surface area contributed by atoms with Crippen LogP contribution in [0.5, 0.6) is 0 Å². The molecule has 0 saturated carbocycles. The van der Waals surface area contributed by atoms with E-state index >= 15 is 0 Å². The van der Waals surface area contributed by atoms with Gasteiger partial charge in [0.1, 0.15) is 0 Å². The maximum atomic E-state index is 11.9. The van der Waals surface area contributed by atoms with Gasteiger partial charge in [0.25, 0.3) is 5.56 Å². The van der Waals surface area contributed by atoms with E-state index in [2.05, 4.69) is 10.2 Å². The van der Waals surface area contributed by atoms with Crippen LogP contribution < -0.4 is 5.56 Å². The van der Waals surface area contributed by atoms with Crippen LogP contribution in [0.15, 0.2) is 65.5 Å². The van der Waals surface area contributed by atoms with E-state index in [-0.39, 0.29) is 5.56 Å². The molecule has 0 amide bonds. The highest BCUT2D eigenvalue weighted by Crippen LogP contribution is 2.20. The standard InChI is InChI=1S/C16H14N2O/c19-16-14(11-12-7-3-1-4-8-12)15(17-18-16)13-9-5-2-6-10-13/h1-10H,11H2,(H2,17,18,19). The Labute approximate surface area is 110 Å².